The van der Waals surface area contributed by atoms with Crippen LogP contribution in [0.2, 0.25) is 0 Å². The van der Waals surface area contributed by atoms with E-state index in [-0.39, 0.29) is 17.9 Å². The van der Waals surface area contributed by atoms with E-state index in [2.05, 4.69) is 56.1 Å². The first-order valence-corrected chi connectivity index (χ1v) is 12.0. The Labute approximate surface area is 202 Å². The number of benzene rings is 2. The molecule has 4 rings (SSSR count). The monoisotopic (exact) mass is 458 g/mol. The van der Waals surface area contributed by atoms with E-state index in [0.717, 1.165) is 24.2 Å². The van der Waals surface area contributed by atoms with Crippen LogP contribution in [0.4, 0.5) is 0 Å². The summed E-state index contributed by atoms with van der Waals surface area (Å²) in [6, 6.07) is 16.5. The van der Waals surface area contributed by atoms with Crippen LogP contribution in [0.3, 0.4) is 0 Å². The summed E-state index contributed by atoms with van der Waals surface area (Å²) in [5, 5.41) is 0. The third-order valence-electron chi connectivity index (χ3n) is 6.71. The minimum Gasteiger partial charge on any atom is -0.493 e. The van der Waals surface area contributed by atoms with Crippen molar-refractivity contribution in [1.82, 2.24) is 9.88 Å². The van der Waals surface area contributed by atoms with Crippen molar-refractivity contribution in [2.24, 2.45) is 5.92 Å². The fourth-order valence-corrected chi connectivity index (χ4v) is 5.01. The molecule has 5 nitrogen and oxygen atoms in total. The minimum atomic E-state index is -0.132. The van der Waals surface area contributed by atoms with E-state index < -0.39 is 0 Å². The number of nitrogens with zero attached hydrogens (tertiary/aromatic N) is 2. The molecule has 0 spiro atoms. The number of carbonyl (C=O) groups excluding carboxylic acids is 1. The van der Waals surface area contributed by atoms with Gasteiger partial charge in [-0.05, 0) is 65.3 Å². The maximum Gasteiger partial charge on any atom is 0.255 e. The van der Waals surface area contributed by atoms with Gasteiger partial charge in [0.2, 0.25) is 0 Å². The Hall–Kier alpha value is -3.34. The Morgan fingerprint density at radius 1 is 1.06 bits per heavy atom. The number of rotatable bonds is 7. The lowest BCUT2D eigenvalue weighted by Gasteiger charge is -2.41. The van der Waals surface area contributed by atoms with E-state index in [0.29, 0.717) is 23.8 Å². The molecule has 0 saturated carbocycles. The Balaban J connectivity index is 1.77. The van der Waals surface area contributed by atoms with Gasteiger partial charge in [0.05, 0.1) is 25.8 Å². The molecule has 2 aromatic carbocycles. The number of carbonyl (C=O) groups is 1. The predicted octanol–water partition coefficient (Wildman–Crippen LogP) is 5.84. The maximum atomic E-state index is 13.6. The number of hydrogen-bond acceptors (Lipinski definition) is 4. The van der Waals surface area contributed by atoms with Crippen LogP contribution in [0.1, 0.15) is 65.3 Å². The van der Waals surface area contributed by atoms with Crippen molar-refractivity contribution in [1.29, 1.82) is 0 Å². The highest BCUT2D eigenvalue weighted by atomic mass is 16.5. The van der Waals surface area contributed by atoms with Crippen LogP contribution < -0.4 is 9.47 Å². The number of hydrogen-bond donors (Lipinski definition) is 0. The van der Waals surface area contributed by atoms with Gasteiger partial charge in [0.1, 0.15) is 0 Å². The summed E-state index contributed by atoms with van der Waals surface area (Å²) >= 11 is 0. The van der Waals surface area contributed by atoms with Crippen LogP contribution in [-0.4, -0.2) is 36.6 Å². The van der Waals surface area contributed by atoms with Crippen molar-refractivity contribution < 1.29 is 14.3 Å². The number of fused-ring (bicyclic) bond motifs is 1. The first kappa shape index (κ1) is 23.8. The second kappa shape index (κ2) is 10.3. The van der Waals surface area contributed by atoms with Gasteiger partial charge in [-0.25, -0.2) is 0 Å². The van der Waals surface area contributed by atoms with E-state index in [1.54, 1.807) is 26.6 Å². The zero-order valence-corrected chi connectivity index (χ0v) is 20.7. The summed E-state index contributed by atoms with van der Waals surface area (Å²) in [6.45, 7) is 7.31. The molecule has 34 heavy (non-hydrogen) atoms. The standard InChI is InChI=1S/C29H34N2O3/c1-19(2)15-21-8-10-22(11-9-21)20(3)28-25-17-27(34-5)26(33-4)16-23(25)12-14-31(28)29(32)24-7-6-13-30-18-24/h6-11,13,16-20,28H,12,14-15H2,1-5H3. The van der Waals surface area contributed by atoms with Crippen molar-refractivity contribution >= 4 is 5.91 Å². The highest BCUT2D eigenvalue weighted by Gasteiger charge is 2.36. The van der Waals surface area contributed by atoms with Crippen molar-refractivity contribution in [3.05, 3.63) is 88.7 Å². The van der Waals surface area contributed by atoms with E-state index in [1.165, 1.54) is 16.7 Å². The molecule has 0 bridgehead atoms. The SMILES string of the molecule is COc1cc2c(cc1OC)C(C(C)c1ccc(CC(C)C)cc1)N(C(=O)c1cccnc1)CC2. The van der Waals surface area contributed by atoms with Gasteiger partial charge in [0, 0.05) is 24.9 Å². The summed E-state index contributed by atoms with van der Waals surface area (Å²) < 4.78 is 11.2. The number of amides is 1. The smallest absolute Gasteiger partial charge is 0.255 e. The van der Waals surface area contributed by atoms with E-state index in [9.17, 15) is 4.79 Å². The van der Waals surface area contributed by atoms with E-state index in [4.69, 9.17) is 9.47 Å². The number of ether oxygens (including phenoxy) is 2. The zero-order valence-electron chi connectivity index (χ0n) is 20.7. The molecule has 0 aliphatic carbocycles. The fourth-order valence-electron chi connectivity index (χ4n) is 5.01. The van der Waals surface area contributed by atoms with Crippen LogP contribution >= 0.6 is 0 Å². The van der Waals surface area contributed by atoms with Crippen molar-refractivity contribution in [3.8, 4) is 11.5 Å². The molecular weight excluding hydrogens is 424 g/mol. The molecule has 2 unspecified atom stereocenters. The highest BCUT2D eigenvalue weighted by molar-refractivity contribution is 5.94. The molecule has 1 amide bonds. The van der Waals surface area contributed by atoms with Gasteiger partial charge in [-0.15, -0.1) is 0 Å². The summed E-state index contributed by atoms with van der Waals surface area (Å²) in [5.41, 5.74) is 5.46. The molecule has 1 aliphatic heterocycles. The van der Waals surface area contributed by atoms with E-state index in [1.807, 2.05) is 23.1 Å². The lowest BCUT2D eigenvalue weighted by molar-refractivity contribution is 0.0632. The second-order valence-electron chi connectivity index (χ2n) is 9.47. The number of pyridine rings is 1. The zero-order chi connectivity index (χ0) is 24.2. The van der Waals surface area contributed by atoms with Gasteiger partial charge in [-0.3, -0.25) is 9.78 Å². The topological polar surface area (TPSA) is 51.7 Å². The summed E-state index contributed by atoms with van der Waals surface area (Å²) in [7, 11) is 3.31. The number of aromatic nitrogens is 1. The summed E-state index contributed by atoms with van der Waals surface area (Å²) in [6.07, 6.45) is 5.16. The van der Waals surface area contributed by atoms with Crippen LogP contribution in [0.25, 0.3) is 0 Å². The average molecular weight is 459 g/mol. The Bertz CT molecular complexity index is 1130. The Morgan fingerprint density at radius 2 is 1.76 bits per heavy atom. The van der Waals surface area contributed by atoms with E-state index >= 15 is 0 Å². The predicted molar refractivity (Wildman–Crippen MR) is 135 cm³/mol. The molecule has 178 valence electrons. The molecule has 1 aromatic heterocycles. The van der Waals surface area contributed by atoms with Crippen LogP contribution in [0.5, 0.6) is 11.5 Å². The van der Waals surface area contributed by atoms with Crippen molar-refractivity contribution in [2.45, 2.75) is 45.6 Å². The number of methoxy groups -OCH3 is 2. The van der Waals surface area contributed by atoms with Gasteiger partial charge in [0.25, 0.3) is 5.91 Å². The molecule has 5 heteroatoms. The first-order chi connectivity index (χ1) is 16.4. The molecule has 2 atom stereocenters. The largest absolute Gasteiger partial charge is 0.493 e. The highest BCUT2D eigenvalue weighted by Crippen LogP contribution is 2.44. The third-order valence-corrected chi connectivity index (χ3v) is 6.71. The molecule has 0 N–H and O–H groups in total. The van der Waals surface area contributed by atoms with Gasteiger partial charge in [-0.1, -0.05) is 45.0 Å². The maximum absolute atomic E-state index is 13.6. The van der Waals surface area contributed by atoms with Crippen molar-refractivity contribution in [2.75, 3.05) is 20.8 Å². The summed E-state index contributed by atoms with van der Waals surface area (Å²) in [5.74, 6) is 2.11. The van der Waals surface area contributed by atoms with Gasteiger partial charge in [0.15, 0.2) is 11.5 Å². The third kappa shape index (κ3) is 4.79. The minimum absolute atomic E-state index is 0.00168. The average Bonchev–Trinajstić information content (AvgIpc) is 2.86. The molecule has 0 radical (unpaired) electrons. The van der Waals surface area contributed by atoms with Crippen LogP contribution in [0.15, 0.2) is 60.9 Å². The van der Waals surface area contributed by atoms with Gasteiger partial charge >= 0.3 is 0 Å². The van der Waals surface area contributed by atoms with Gasteiger partial charge in [-0.2, -0.15) is 0 Å². The lowest BCUT2D eigenvalue weighted by atomic mass is 9.81. The summed E-state index contributed by atoms with van der Waals surface area (Å²) in [4.78, 5) is 19.8. The van der Waals surface area contributed by atoms with Crippen LogP contribution in [0, 0.1) is 5.92 Å². The molecule has 2 heterocycles. The fraction of sp³-hybridized carbons (Fsp3) is 0.379. The molecular formula is C29H34N2O3. The lowest BCUT2D eigenvalue weighted by Crippen LogP contribution is -2.42. The Morgan fingerprint density at radius 3 is 2.38 bits per heavy atom. The van der Waals surface area contributed by atoms with Crippen LogP contribution in [-0.2, 0) is 12.8 Å². The Kier molecular flexibility index (Phi) is 7.20. The molecule has 0 saturated heterocycles. The second-order valence-corrected chi connectivity index (χ2v) is 9.47. The molecule has 1 aliphatic rings. The molecule has 0 fully saturated rings. The quantitative estimate of drug-likeness (QED) is 0.446. The van der Waals surface area contributed by atoms with Gasteiger partial charge < -0.3 is 14.4 Å². The first-order valence-electron chi connectivity index (χ1n) is 12.0. The normalized spacial score (nSPS) is 16.2. The van der Waals surface area contributed by atoms with Crippen molar-refractivity contribution in [3.63, 3.8) is 0 Å². The molecule has 3 aromatic rings.